The van der Waals surface area contributed by atoms with Gasteiger partial charge in [0.1, 0.15) is 0 Å². The second-order valence-corrected chi connectivity index (χ2v) is 3.82. The molecule has 0 saturated heterocycles. The maximum Gasteiger partial charge on any atom is 0.212 e. The van der Waals surface area contributed by atoms with E-state index in [2.05, 4.69) is 25.9 Å². The van der Waals surface area contributed by atoms with Crippen molar-refractivity contribution in [3.05, 3.63) is 11.8 Å². The van der Waals surface area contributed by atoms with Gasteiger partial charge in [0.05, 0.1) is 6.20 Å². The number of nitrogens with zero attached hydrogens (tertiary/aromatic N) is 2. The van der Waals surface area contributed by atoms with Crippen molar-refractivity contribution in [2.24, 2.45) is 5.92 Å². The fourth-order valence-electron chi connectivity index (χ4n) is 1.34. The summed E-state index contributed by atoms with van der Waals surface area (Å²) in [5, 5.41) is 13.9. The van der Waals surface area contributed by atoms with E-state index in [9.17, 15) is 5.11 Å². The van der Waals surface area contributed by atoms with Crippen LogP contribution >= 0.6 is 0 Å². The third-order valence-corrected chi connectivity index (χ3v) is 1.94. The molecule has 1 rings (SSSR count). The first-order valence-electron chi connectivity index (χ1n) is 4.88. The van der Waals surface area contributed by atoms with Crippen LogP contribution in [-0.2, 0) is 13.0 Å². The molecule has 0 radical (unpaired) electrons. The first-order valence-corrected chi connectivity index (χ1v) is 4.88. The highest BCUT2D eigenvalue weighted by molar-refractivity contribution is 5.22. The van der Waals surface area contributed by atoms with Gasteiger partial charge in [-0.2, -0.15) is 5.10 Å². The van der Waals surface area contributed by atoms with Crippen LogP contribution in [0.5, 0.6) is 5.88 Å². The van der Waals surface area contributed by atoms with Crippen molar-refractivity contribution in [2.75, 3.05) is 0 Å². The molecule has 0 amide bonds. The Balaban J connectivity index is 2.74. The van der Waals surface area contributed by atoms with Crippen LogP contribution in [0.25, 0.3) is 0 Å². The SMILES string of the molecule is CCCc1cnn(CC(C)C)c1O. The summed E-state index contributed by atoms with van der Waals surface area (Å²) in [6.45, 7) is 7.11. The van der Waals surface area contributed by atoms with E-state index in [4.69, 9.17) is 0 Å². The summed E-state index contributed by atoms with van der Waals surface area (Å²) >= 11 is 0. The van der Waals surface area contributed by atoms with E-state index >= 15 is 0 Å². The monoisotopic (exact) mass is 182 g/mol. The van der Waals surface area contributed by atoms with Gasteiger partial charge in [0, 0.05) is 12.1 Å². The van der Waals surface area contributed by atoms with Crippen molar-refractivity contribution < 1.29 is 5.11 Å². The second-order valence-electron chi connectivity index (χ2n) is 3.82. The molecule has 0 bridgehead atoms. The Morgan fingerprint density at radius 2 is 2.23 bits per heavy atom. The predicted molar refractivity (Wildman–Crippen MR) is 52.7 cm³/mol. The van der Waals surface area contributed by atoms with Gasteiger partial charge in [-0.1, -0.05) is 27.2 Å². The highest BCUT2D eigenvalue weighted by Gasteiger charge is 2.08. The summed E-state index contributed by atoms with van der Waals surface area (Å²) < 4.78 is 1.68. The minimum absolute atomic E-state index is 0.343. The van der Waals surface area contributed by atoms with Gasteiger partial charge in [-0.25, -0.2) is 4.68 Å². The van der Waals surface area contributed by atoms with Crippen LogP contribution in [0.3, 0.4) is 0 Å². The third-order valence-electron chi connectivity index (χ3n) is 1.94. The van der Waals surface area contributed by atoms with E-state index in [1.165, 1.54) is 0 Å². The van der Waals surface area contributed by atoms with E-state index in [-0.39, 0.29) is 0 Å². The van der Waals surface area contributed by atoms with Gasteiger partial charge in [0.15, 0.2) is 0 Å². The molecule has 0 aromatic carbocycles. The molecule has 0 aliphatic rings. The van der Waals surface area contributed by atoms with E-state index < -0.39 is 0 Å². The van der Waals surface area contributed by atoms with Gasteiger partial charge in [-0.15, -0.1) is 0 Å². The quantitative estimate of drug-likeness (QED) is 0.775. The predicted octanol–water partition coefficient (Wildman–Crippen LogP) is 2.20. The normalized spacial score (nSPS) is 11.1. The van der Waals surface area contributed by atoms with Gasteiger partial charge in [-0.05, 0) is 12.3 Å². The lowest BCUT2D eigenvalue weighted by Crippen LogP contribution is -2.05. The standard InChI is InChI=1S/C10H18N2O/c1-4-5-9-6-11-12(10(9)13)7-8(2)3/h6,8,13H,4-5,7H2,1-3H3. The van der Waals surface area contributed by atoms with Crippen molar-refractivity contribution in [1.29, 1.82) is 0 Å². The number of rotatable bonds is 4. The molecule has 0 aliphatic carbocycles. The molecular weight excluding hydrogens is 164 g/mol. The Morgan fingerprint density at radius 1 is 1.54 bits per heavy atom. The molecule has 0 atom stereocenters. The molecule has 0 aliphatic heterocycles. The molecule has 1 heterocycles. The van der Waals surface area contributed by atoms with E-state index in [0.717, 1.165) is 24.9 Å². The van der Waals surface area contributed by atoms with Crippen LogP contribution in [-0.4, -0.2) is 14.9 Å². The molecular formula is C10H18N2O. The molecule has 0 fully saturated rings. The number of hydrogen-bond acceptors (Lipinski definition) is 2. The van der Waals surface area contributed by atoms with Crippen molar-refractivity contribution in [3.8, 4) is 5.88 Å². The van der Waals surface area contributed by atoms with Crippen LogP contribution in [0.1, 0.15) is 32.8 Å². The molecule has 0 unspecified atom stereocenters. The summed E-state index contributed by atoms with van der Waals surface area (Å²) in [6, 6.07) is 0. The molecule has 0 saturated carbocycles. The molecule has 3 heteroatoms. The minimum Gasteiger partial charge on any atom is -0.493 e. The molecule has 3 nitrogen and oxygen atoms in total. The average Bonchev–Trinajstić information content (AvgIpc) is 2.36. The molecule has 1 aromatic heterocycles. The largest absolute Gasteiger partial charge is 0.493 e. The van der Waals surface area contributed by atoms with E-state index in [1.54, 1.807) is 10.9 Å². The third kappa shape index (κ3) is 2.47. The van der Waals surface area contributed by atoms with Gasteiger partial charge in [0.25, 0.3) is 0 Å². The lowest BCUT2D eigenvalue weighted by Gasteiger charge is -2.06. The van der Waals surface area contributed by atoms with Crippen molar-refractivity contribution >= 4 is 0 Å². The summed E-state index contributed by atoms with van der Waals surface area (Å²) in [5.74, 6) is 0.857. The summed E-state index contributed by atoms with van der Waals surface area (Å²) in [6.07, 6.45) is 3.71. The average molecular weight is 182 g/mol. The molecule has 13 heavy (non-hydrogen) atoms. The summed E-state index contributed by atoms with van der Waals surface area (Å²) in [4.78, 5) is 0. The number of aromatic nitrogens is 2. The lowest BCUT2D eigenvalue weighted by molar-refractivity contribution is 0.368. The van der Waals surface area contributed by atoms with Gasteiger partial charge >= 0.3 is 0 Å². The Morgan fingerprint density at radius 3 is 2.77 bits per heavy atom. The van der Waals surface area contributed by atoms with Crippen LogP contribution in [0, 0.1) is 5.92 Å². The topological polar surface area (TPSA) is 38.0 Å². The summed E-state index contributed by atoms with van der Waals surface area (Å²) in [7, 11) is 0. The number of hydrogen-bond donors (Lipinski definition) is 1. The van der Waals surface area contributed by atoms with Crippen LogP contribution in [0.4, 0.5) is 0 Å². The first kappa shape index (κ1) is 10.1. The van der Waals surface area contributed by atoms with Crippen LogP contribution < -0.4 is 0 Å². The lowest BCUT2D eigenvalue weighted by atomic mass is 10.2. The maximum atomic E-state index is 9.71. The number of aromatic hydroxyl groups is 1. The van der Waals surface area contributed by atoms with Crippen molar-refractivity contribution in [1.82, 2.24) is 9.78 Å². The number of aryl methyl sites for hydroxylation is 1. The highest BCUT2D eigenvalue weighted by Crippen LogP contribution is 2.18. The van der Waals surface area contributed by atoms with Crippen molar-refractivity contribution in [3.63, 3.8) is 0 Å². The maximum absolute atomic E-state index is 9.71. The molecule has 0 spiro atoms. The summed E-state index contributed by atoms with van der Waals surface area (Å²) in [5.41, 5.74) is 0.961. The van der Waals surface area contributed by atoms with E-state index in [0.29, 0.717) is 11.8 Å². The zero-order valence-electron chi connectivity index (χ0n) is 8.62. The van der Waals surface area contributed by atoms with E-state index in [1.807, 2.05) is 0 Å². The fourth-order valence-corrected chi connectivity index (χ4v) is 1.34. The Labute approximate surface area is 79.4 Å². The van der Waals surface area contributed by atoms with Gasteiger partial charge < -0.3 is 5.11 Å². The second kappa shape index (κ2) is 4.30. The molecule has 1 aromatic rings. The van der Waals surface area contributed by atoms with Gasteiger partial charge in [0.2, 0.25) is 5.88 Å². The highest BCUT2D eigenvalue weighted by atomic mass is 16.3. The Hall–Kier alpha value is -0.990. The van der Waals surface area contributed by atoms with Gasteiger partial charge in [-0.3, -0.25) is 0 Å². The van der Waals surface area contributed by atoms with Crippen molar-refractivity contribution in [2.45, 2.75) is 40.2 Å². The first-order chi connectivity index (χ1) is 6.15. The van der Waals surface area contributed by atoms with Crippen LogP contribution in [0.15, 0.2) is 6.20 Å². The smallest absolute Gasteiger partial charge is 0.212 e. The minimum atomic E-state index is 0.343. The molecule has 74 valence electrons. The zero-order valence-corrected chi connectivity index (χ0v) is 8.62. The Kier molecular flexibility index (Phi) is 3.34. The fraction of sp³-hybridized carbons (Fsp3) is 0.700. The van der Waals surface area contributed by atoms with Crippen LogP contribution in [0.2, 0.25) is 0 Å². The molecule has 1 N–H and O–H groups in total. The Bertz CT molecular complexity index is 266. The zero-order chi connectivity index (χ0) is 9.84.